The van der Waals surface area contributed by atoms with Gasteiger partial charge in [-0.05, 0) is 57.2 Å². The second-order valence-corrected chi connectivity index (χ2v) is 7.02. The van der Waals surface area contributed by atoms with Crippen molar-refractivity contribution < 1.29 is 19.0 Å². The third-order valence-electron chi connectivity index (χ3n) is 4.92. The lowest BCUT2D eigenvalue weighted by molar-refractivity contribution is -0.0687. The second kappa shape index (κ2) is 7.78. The second-order valence-electron chi connectivity index (χ2n) is 7.02. The zero-order valence-corrected chi connectivity index (χ0v) is 14.3. The minimum absolute atomic E-state index is 0.141. The maximum Gasteiger partial charge on any atom is 0.134 e. The quantitative estimate of drug-likeness (QED) is 0.898. The van der Waals surface area contributed by atoms with Gasteiger partial charge in [-0.25, -0.2) is 4.39 Å². The van der Waals surface area contributed by atoms with Crippen molar-refractivity contribution in [1.82, 2.24) is 9.80 Å². The molecule has 2 fully saturated rings. The number of aliphatic hydroxyl groups is 1. The maximum absolute atomic E-state index is 13.0. The van der Waals surface area contributed by atoms with Gasteiger partial charge in [0.05, 0.1) is 13.2 Å². The SMILES string of the molecule is CN1CCC(N2CCOCC(O)(COc3ccc(F)cc3)C2)CC1. The number of hydrogen-bond donors (Lipinski definition) is 1. The molecule has 24 heavy (non-hydrogen) atoms. The molecule has 0 aliphatic carbocycles. The van der Waals surface area contributed by atoms with E-state index in [-0.39, 0.29) is 19.0 Å². The third kappa shape index (κ3) is 4.66. The lowest BCUT2D eigenvalue weighted by Crippen LogP contribution is -2.53. The summed E-state index contributed by atoms with van der Waals surface area (Å²) in [4.78, 5) is 4.68. The van der Waals surface area contributed by atoms with Gasteiger partial charge in [-0.2, -0.15) is 0 Å². The molecule has 2 aliphatic heterocycles. The van der Waals surface area contributed by atoms with Crippen molar-refractivity contribution in [3.8, 4) is 5.75 Å². The maximum atomic E-state index is 13.0. The van der Waals surface area contributed by atoms with Crippen LogP contribution in [0.5, 0.6) is 5.75 Å². The van der Waals surface area contributed by atoms with Gasteiger partial charge < -0.3 is 19.5 Å². The summed E-state index contributed by atoms with van der Waals surface area (Å²) in [5.74, 6) is 0.257. The molecule has 1 aromatic rings. The highest BCUT2D eigenvalue weighted by Crippen LogP contribution is 2.22. The van der Waals surface area contributed by atoms with E-state index in [0.29, 0.717) is 24.9 Å². The summed E-state index contributed by atoms with van der Waals surface area (Å²) in [6, 6.07) is 6.35. The summed E-state index contributed by atoms with van der Waals surface area (Å²) in [7, 11) is 2.15. The number of β-amino-alcohol motifs (C(OH)–C–C–N with tert-alkyl or cyclic N) is 1. The molecule has 1 unspecified atom stereocenters. The molecular formula is C18H27FN2O3. The molecule has 0 saturated carbocycles. The molecule has 1 atom stereocenters. The first kappa shape index (κ1) is 17.6. The Balaban J connectivity index is 1.59. The van der Waals surface area contributed by atoms with Crippen LogP contribution in [0.3, 0.4) is 0 Å². The van der Waals surface area contributed by atoms with Crippen LogP contribution in [0.4, 0.5) is 4.39 Å². The minimum Gasteiger partial charge on any atom is -0.490 e. The van der Waals surface area contributed by atoms with Crippen molar-refractivity contribution in [2.45, 2.75) is 24.5 Å². The molecule has 0 aromatic heterocycles. The largest absolute Gasteiger partial charge is 0.490 e. The van der Waals surface area contributed by atoms with E-state index in [1.54, 1.807) is 12.1 Å². The number of piperidine rings is 1. The van der Waals surface area contributed by atoms with Gasteiger partial charge in [0.2, 0.25) is 0 Å². The molecular weight excluding hydrogens is 311 g/mol. The van der Waals surface area contributed by atoms with Gasteiger partial charge in [-0.1, -0.05) is 0 Å². The highest BCUT2D eigenvalue weighted by molar-refractivity contribution is 5.22. The Kier molecular flexibility index (Phi) is 5.71. The molecule has 0 bridgehead atoms. The fourth-order valence-electron chi connectivity index (χ4n) is 3.45. The Morgan fingerprint density at radius 1 is 1.25 bits per heavy atom. The highest BCUT2D eigenvalue weighted by atomic mass is 19.1. The van der Waals surface area contributed by atoms with E-state index in [0.717, 1.165) is 32.5 Å². The number of likely N-dealkylation sites (tertiary alicyclic amines) is 1. The fraction of sp³-hybridized carbons (Fsp3) is 0.667. The summed E-state index contributed by atoms with van der Waals surface area (Å²) in [6.07, 6.45) is 2.23. The number of halogens is 1. The zero-order valence-electron chi connectivity index (χ0n) is 14.3. The lowest BCUT2D eigenvalue weighted by Gasteiger charge is -2.39. The topological polar surface area (TPSA) is 45.2 Å². The molecule has 0 spiro atoms. The molecule has 2 heterocycles. The third-order valence-corrected chi connectivity index (χ3v) is 4.92. The van der Waals surface area contributed by atoms with Crippen molar-refractivity contribution in [2.24, 2.45) is 0 Å². The van der Waals surface area contributed by atoms with Crippen LogP contribution in [0.25, 0.3) is 0 Å². The molecule has 0 amide bonds. The summed E-state index contributed by atoms with van der Waals surface area (Å²) in [5, 5.41) is 10.9. The standard InChI is InChI=1S/C18H27FN2O3/c1-20-8-6-16(7-9-20)21-10-11-23-13-18(22,12-21)14-24-17-4-2-15(19)3-5-17/h2-5,16,22H,6-14H2,1H3. The van der Waals surface area contributed by atoms with E-state index in [1.807, 2.05) is 0 Å². The van der Waals surface area contributed by atoms with Gasteiger partial charge in [0.15, 0.2) is 0 Å². The smallest absolute Gasteiger partial charge is 0.134 e. The van der Waals surface area contributed by atoms with Gasteiger partial charge in [-0.15, -0.1) is 0 Å². The van der Waals surface area contributed by atoms with Crippen LogP contribution in [0.15, 0.2) is 24.3 Å². The molecule has 6 heteroatoms. The number of ether oxygens (including phenoxy) is 2. The van der Waals surface area contributed by atoms with E-state index in [2.05, 4.69) is 16.8 Å². The van der Waals surface area contributed by atoms with E-state index in [9.17, 15) is 9.50 Å². The molecule has 1 aromatic carbocycles. The molecule has 2 saturated heterocycles. The van der Waals surface area contributed by atoms with Gasteiger partial charge in [0.25, 0.3) is 0 Å². The van der Waals surface area contributed by atoms with Crippen LogP contribution in [0, 0.1) is 5.82 Å². The first-order chi connectivity index (χ1) is 11.5. The first-order valence-corrected chi connectivity index (χ1v) is 8.65. The number of benzene rings is 1. The normalized spacial score (nSPS) is 27.8. The Labute approximate surface area is 143 Å². The monoisotopic (exact) mass is 338 g/mol. The van der Waals surface area contributed by atoms with Crippen LogP contribution in [0.2, 0.25) is 0 Å². The molecule has 134 valence electrons. The summed E-state index contributed by atoms with van der Waals surface area (Å²) < 4.78 is 24.3. The van der Waals surface area contributed by atoms with Crippen molar-refractivity contribution >= 4 is 0 Å². The van der Waals surface area contributed by atoms with E-state index in [4.69, 9.17) is 9.47 Å². The Hall–Kier alpha value is -1.21. The van der Waals surface area contributed by atoms with Crippen molar-refractivity contribution in [1.29, 1.82) is 0 Å². The van der Waals surface area contributed by atoms with Crippen molar-refractivity contribution in [3.05, 3.63) is 30.1 Å². The van der Waals surface area contributed by atoms with Gasteiger partial charge in [-0.3, -0.25) is 4.90 Å². The Bertz CT molecular complexity index is 520. The molecule has 2 aliphatic rings. The summed E-state index contributed by atoms with van der Waals surface area (Å²) in [5.41, 5.74) is -1.05. The highest BCUT2D eigenvalue weighted by Gasteiger charge is 2.36. The van der Waals surface area contributed by atoms with Crippen LogP contribution in [-0.4, -0.2) is 79.6 Å². The van der Waals surface area contributed by atoms with Crippen molar-refractivity contribution in [3.63, 3.8) is 0 Å². The first-order valence-electron chi connectivity index (χ1n) is 8.65. The lowest BCUT2D eigenvalue weighted by atomic mass is 10.00. The van der Waals surface area contributed by atoms with E-state index in [1.165, 1.54) is 12.1 Å². The predicted octanol–water partition coefficient (Wildman–Crippen LogP) is 1.36. The van der Waals surface area contributed by atoms with Crippen LogP contribution >= 0.6 is 0 Å². The van der Waals surface area contributed by atoms with Crippen molar-refractivity contribution in [2.75, 3.05) is 53.0 Å². The molecule has 0 radical (unpaired) electrons. The zero-order chi connectivity index (χ0) is 17.0. The molecule has 1 N–H and O–H groups in total. The Morgan fingerprint density at radius 2 is 1.96 bits per heavy atom. The average molecular weight is 338 g/mol. The number of nitrogens with zero attached hydrogens (tertiary/aromatic N) is 2. The summed E-state index contributed by atoms with van der Waals surface area (Å²) >= 11 is 0. The van der Waals surface area contributed by atoms with Crippen LogP contribution < -0.4 is 4.74 Å². The van der Waals surface area contributed by atoms with Gasteiger partial charge >= 0.3 is 0 Å². The number of hydrogen-bond acceptors (Lipinski definition) is 5. The van der Waals surface area contributed by atoms with Gasteiger partial charge in [0.1, 0.15) is 23.8 Å². The molecule has 5 nitrogen and oxygen atoms in total. The van der Waals surface area contributed by atoms with Gasteiger partial charge in [0, 0.05) is 19.1 Å². The van der Waals surface area contributed by atoms with Crippen LogP contribution in [-0.2, 0) is 4.74 Å². The van der Waals surface area contributed by atoms with E-state index < -0.39 is 5.60 Å². The minimum atomic E-state index is -1.05. The fourth-order valence-corrected chi connectivity index (χ4v) is 3.45. The predicted molar refractivity (Wildman–Crippen MR) is 89.8 cm³/mol. The van der Waals surface area contributed by atoms with E-state index >= 15 is 0 Å². The Morgan fingerprint density at radius 3 is 2.67 bits per heavy atom. The number of rotatable bonds is 4. The summed E-state index contributed by atoms with van der Waals surface area (Å²) in [6.45, 7) is 4.60. The average Bonchev–Trinajstić information content (AvgIpc) is 2.77. The molecule has 3 rings (SSSR count). The van der Waals surface area contributed by atoms with Crippen LogP contribution in [0.1, 0.15) is 12.8 Å².